The normalized spacial score (nSPS) is 10.0. The number of methoxy groups -OCH3 is 1. The van der Waals surface area contributed by atoms with Crippen LogP contribution in [0.2, 0.25) is 0 Å². The molecule has 0 atom stereocenters. The Kier molecular flexibility index (Phi) is 3.37. The predicted molar refractivity (Wildman–Crippen MR) is 50.1 cm³/mol. The minimum absolute atomic E-state index is 0.165. The van der Waals surface area contributed by atoms with E-state index in [2.05, 4.69) is 9.84 Å². The molecule has 0 aromatic carbocycles. The summed E-state index contributed by atoms with van der Waals surface area (Å²) in [6.45, 7) is -0.180. The Bertz CT molecular complexity index is 385. The number of carbonyl (C=O) groups excluding carboxylic acids is 1. The van der Waals surface area contributed by atoms with E-state index in [9.17, 15) is 14.9 Å². The van der Waals surface area contributed by atoms with Crippen LogP contribution >= 0.6 is 0 Å². The first-order valence-electron chi connectivity index (χ1n) is 4.27. The van der Waals surface area contributed by atoms with Crippen molar-refractivity contribution in [2.24, 2.45) is 7.05 Å². The number of nitro groups is 1. The number of carbonyl (C=O) groups is 1. The molecular weight excluding hydrogens is 202 g/mol. The first-order chi connectivity index (χ1) is 7.04. The second-order valence-corrected chi connectivity index (χ2v) is 2.94. The van der Waals surface area contributed by atoms with E-state index in [1.807, 2.05) is 0 Å². The molecule has 0 bridgehead atoms. The number of hydrogen-bond donors (Lipinski definition) is 0. The highest BCUT2D eigenvalue weighted by Gasteiger charge is 2.13. The first kappa shape index (κ1) is 11.2. The first-order valence-corrected chi connectivity index (χ1v) is 4.27. The molecule has 0 amide bonds. The van der Waals surface area contributed by atoms with Crippen molar-refractivity contribution < 1.29 is 14.5 Å². The van der Waals surface area contributed by atoms with Gasteiger partial charge in [-0.3, -0.25) is 14.8 Å². The Morgan fingerprint density at radius 1 is 1.73 bits per heavy atom. The van der Waals surface area contributed by atoms with E-state index < -0.39 is 10.9 Å². The Morgan fingerprint density at radius 3 is 2.93 bits per heavy atom. The predicted octanol–water partition coefficient (Wildman–Crippen LogP) is 0.0259. The molecule has 0 saturated carbocycles. The Morgan fingerprint density at radius 2 is 2.40 bits per heavy atom. The lowest BCUT2D eigenvalue weighted by Crippen LogP contribution is -2.07. The average molecular weight is 213 g/mol. The van der Waals surface area contributed by atoms with E-state index in [1.165, 1.54) is 17.9 Å². The van der Waals surface area contributed by atoms with Crippen molar-refractivity contribution in [3.05, 3.63) is 27.6 Å². The molecule has 0 N–H and O–H groups in total. The molecule has 0 fully saturated rings. The summed E-state index contributed by atoms with van der Waals surface area (Å²) in [7, 11) is 2.88. The van der Waals surface area contributed by atoms with Crippen LogP contribution in [0.15, 0.2) is 6.07 Å². The van der Waals surface area contributed by atoms with Crippen LogP contribution < -0.4 is 0 Å². The molecule has 0 unspecified atom stereocenters. The molecule has 7 heteroatoms. The molecule has 1 heterocycles. The van der Waals surface area contributed by atoms with Crippen molar-refractivity contribution in [3.63, 3.8) is 0 Å². The van der Waals surface area contributed by atoms with Crippen molar-refractivity contribution in [1.29, 1.82) is 0 Å². The zero-order valence-electron chi connectivity index (χ0n) is 8.47. The van der Waals surface area contributed by atoms with Gasteiger partial charge in [-0.05, 0) is 6.07 Å². The number of ether oxygens (including phenoxy) is 1. The van der Waals surface area contributed by atoms with Crippen molar-refractivity contribution >= 4 is 5.97 Å². The highest BCUT2D eigenvalue weighted by Crippen LogP contribution is 2.05. The van der Waals surface area contributed by atoms with Gasteiger partial charge in [-0.25, -0.2) is 4.79 Å². The fraction of sp³-hybridized carbons (Fsp3) is 0.500. The lowest BCUT2D eigenvalue weighted by atomic mass is 10.3. The maximum absolute atomic E-state index is 11.1. The summed E-state index contributed by atoms with van der Waals surface area (Å²) in [5, 5.41) is 14.0. The Hall–Kier alpha value is -1.92. The smallest absolute Gasteiger partial charge is 0.358 e. The molecule has 0 saturated heterocycles. The van der Waals surface area contributed by atoms with E-state index in [4.69, 9.17) is 0 Å². The van der Waals surface area contributed by atoms with E-state index in [1.54, 1.807) is 7.05 Å². The SMILES string of the molecule is COC(=O)c1cc(CC[N+](=O)[O-])n(C)n1. The van der Waals surface area contributed by atoms with Crippen LogP contribution in [0.5, 0.6) is 0 Å². The van der Waals surface area contributed by atoms with Crippen molar-refractivity contribution in [2.45, 2.75) is 6.42 Å². The van der Waals surface area contributed by atoms with Crippen LogP contribution in [0.4, 0.5) is 0 Å². The molecule has 7 nitrogen and oxygen atoms in total. The molecular formula is C8H11N3O4. The summed E-state index contributed by atoms with van der Waals surface area (Å²) in [6, 6.07) is 1.50. The number of esters is 1. The molecule has 1 aromatic heterocycles. The van der Waals surface area contributed by atoms with Gasteiger partial charge in [-0.15, -0.1) is 0 Å². The van der Waals surface area contributed by atoms with Gasteiger partial charge in [0.25, 0.3) is 0 Å². The second-order valence-electron chi connectivity index (χ2n) is 2.94. The topological polar surface area (TPSA) is 87.3 Å². The van der Waals surface area contributed by atoms with Crippen molar-refractivity contribution in [3.8, 4) is 0 Å². The maximum Gasteiger partial charge on any atom is 0.358 e. The van der Waals surface area contributed by atoms with Gasteiger partial charge in [0, 0.05) is 17.7 Å². The van der Waals surface area contributed by atoms with Gasteiger partial charge in [0.15, 0.2) is 5.69 Å². The summed E-state index contributed by atoms with van der Waals surface area (Å²) < 4.78 is 5.92. The largest absolute Gasteiger partial charge is 0.464 e. The molecule has 1 aromatic rings. The molecule has 82 valence electrons. The van der Waals surface area contributed by atoms with Crippen LogP contribution in [0.3, 0.4) is 0 Å². The zero-order valence-corrected chi connectivity index (χ0v) is 8.47. The van der Waals surface area contributed by atoms with Gasteiger partial charge >= 0.3 is 5.97 Å². The molecule has 0 aliphatic carbocycles. The summed E-state index contributed by atoms with van der Waals surface area (Å²) in [4.78, 5) is 20.8. The van der Waals surface area contributed by atoms with E-state index in [0.29, 0.717) is 5.69 Å². The molecule has 15 heavy (non-hydrogen) atoms. The van der Waals surface area contributed by atoms with E-state index in [0.717, 1.165) is 0 Å². The Labute approximate surface area is 85.8 Å². The standard InChI is InChI=1S/C8H11N3O4/c1-10-6(3-4-11(13)14)5-7(9-10)8(12)15-2/h5H,3-4H2,1-2H3. The van der Waals surface area contributed by atoms with E-state index in [-0.39, 0.29) is 18.7 Å². The van der Waals surface area contributed by atoms with Crippen LogP contribution in [0.25, 0.3) is 0 Å². The van der Waals surface area contributed by atoms with Gasteiger partial charge in [-0.2, -0.15) is 5.10 Å². The van der Waals surface area contributed by atoms with Gasteiger partial charge < -0.3 is 4.74 Å². The van der Waals surface area contributed by atoms with E-state index >= 15 is 0 Å². The maximum atomic E-state index is 11.1. The van der Waals surface area contributed by atoms with Crippen LogP contribution in [0, 0.1) is 10.1 Å². The third-order valence-corrected chi connectivity index (χ3v) is 1.92. The fourth-order valence-corrected chi connectivity index (χ4v) is 1.15. The van der Waals surface area contributed by atoms with Gasteiger partial charge in [0.05, 0.1) is 13.5 Å². The molecule has 0 spiro atoms. The minimum Gasteiger partial charge on any atom is -0.464 e. The lowest BCUT2D eigenvalue weighted by Gasteiger charge is -1.95. The van der Waals surface area contributed by atoms with Gasteiger partial charge in [0.1, 0.15) is 0 Å². The van der Waals surface area contributed by atoms with Crippen LogP contribution in [-0.4, -0.2) is 34.3 Å². The molecule has 0 aliphatic heterocycles. The number of hydrogen-bond acceptors (Lipinski definition) is 5. The number of nitrogens with zero attached hydrogens (tertiary/aromatic N) is 3. The number of rotatable bonds is 4. The summed E-state index contributed by atoms with van der Waals surface area (Å²) in [5.41, 5.74) is 0.797. The molecule has 1 rings (SSSR count). The average Bonchev–Trinajstić information content (AvgIpc) is 2.55. The van der Waals surface area contributed by atoms with Crippen LogP contribution in [-0.2, 0) is 18.2 Å². The fourth-order valence-electron chi connectivity index (χ4n) is 1.15. The quantitative estimate of drug-likeness (QED) is 0.400. The third-order valence-electron chi connectivity index (χ3n) is 1.92. The Balaban J connectivity index is 2.77. The van der Waals surface area contributed by atoms with Crippen LogP contribution in [0.1, 0.15) is 16.2 Å². The monoisotopic (exact) mass is 213 g/mol. The lowest BCUT2D eigenvalue weighted by molar-refractivity contribution is -0.479. The highest BCUT2D eigenvalue weighted by molar-refractivity contribution is 5.87. The van der Waals surface area contributed by atoms with Crippen molar-refractivity contribution in [2.75, 3.05) is 13.7 Å². The minimum atomic E-state index is -0.544. The number of aromatic nitrogens is 2. The van der Waals surface area contributed by atoms with Gasteiger partial charge in [0.2, 0.25) is 6.54 Å². The molecule has 0 aliphatic rings. The molecule has 0 radical (unpaired) electrons. The summed E-state index contributed by atoms with van der Waals surface area (Å²) in [6.07, 6.45) is 0.244. The van der Waals surface area contributed by atoms with Crippen molar-refractivity contribution in [1.82, 2.24) is 9.78 Å². The van der Waals surface area contributed by atoms with Gasteiger partial charge in [-0.1, -0.05) is 0 Å². The summed E-state index contributed by atoms with van der Waals surface area (Å²) in [5.74, 6) is -0.544. The number of aryl methyl sites for hydroxylation is 1. The highest BCUT2D eigenvalue weighted by atomic mass is 16.6. The third kappa shape index (κ3) is 2.76. The second kappa shape index (κ2) is 4.54. The zero-order chi connectivity index (χ0) is 11.4. The summed E-state index contributed by atoms with van der Waals surface area (Å²) >= 11 is 0.